The van der Waals surface area contributed by atoms with Gasteiger partial charge in [0.25, 0.3) is 0 Å². The molecule has 1 aliphatic heterocycles. The second kappa shape index (κ2) is 7.75. The molecule has 6 nitrogen and oxygen atoms in total. The van der Waals surface area contributed by atoms with Crippen molar-refractivity contribution in [3.8, 4) is 11.5 Å². The Hall–Kier alpha value is -1.95. The van der Waals surface area contributed by atoms with Gasteiger partial charge >= 0.3 is 6.09 Å². The van der Waals surface area contributed by atoms with Gasteiger partial charge in [0.15, 0.2) is 11.5 Å². The van der Waals surface area contributed by atoms with E-state index in [0.29, 0.717) is 17.2 Å². The van der Waals surface area contributed by atoms with Crippen LogP contribution in [-0.4, -0.2) is 32.5 Å². The highest BCUT2D eigenvalue weighted by Gasteiger charge is 2.23. The molecule has 0 aliphatic carbocycles. The summed E-state index contributed by atoms with van der Waals surface area (Å²) in [7, 11) is 3.19. The van der Waals surface area contributed by atoms with Gasteiger partial charge in [0, 0.05) is 12.1 Å². The summed E-state index contributed by atoms with van der Waals surface area (Å²) in [6, 6.07) is 3.88. The van der Waals surface area contributed by atoms with Gasteiger partial charge in [-0.2, -0.15) is 0 Å². The second-order valence-corrected chi connectivity index (χ2v) is 6.92. The second-order valence-electron chi connectivity index (χ2n) is 6.92. The van der Waals surface area contributed by atoms with E-state index in [-0.39, 0.29) is 6.04 Å². The number of carbonyl (C=O) groups is 1. The van der Waals surface area contributed by atoms with Gasteiger partial charge in [0.1, 0.15) is 5.60 Å². The Morgan fingerprint density at radius 1 is 1.17 bits per heavy atom. The van der Waals surface area contributed by atoms with Crippen LogP contribution < -0.4 is 20.1 Å². The summed E-state index contributed by atoms with van der Waals surface area (Å²) in [6.07, 6.45) is 2.85. The van der Waals surface area contributed by atoms with Crippen LogP contribution in [0.2, 0.25) is 0 Å². The fourth-order valence-electron chi connectivity index (χ4n) is 2.82. The molecule has 0 aromatic heterocycles. The Labute approximate surface area is 143 Å². The molecular weight excluding hydrogens is 308 g/mol. The summed E-state index contributed by atoms with van der Waals surface area (Å²) in [5, 5.41) is 6.35. The van der Waals surface area contributed by atoms with Crippen molar-refractivity contribution in [2.24, 2.45) is 0 Å². The van der Waals surface area contributed by atoms with Crippen LogP contribution in [0.25, 0.3) is 0 Å². The Bertz CT molecular complexity index is 575. The van der Waals surface area contributed by atoms with Gasteiger partial charge in [-0.15, -0.1) is 0 Å². The van der Waals surface area contributed by atoms with Gasteiger partial charge < -0.3 is 19.5 Å². The van der Waals surface area contributed by atoms with Gasteiger partial charge in [-0.3, -0.25) is 5.32 Å². The number of amides is 1. The lowest BCUT2D eigenvalue weighted by atomic mass is 9.95. The van der Waals surface area contributed by atoms with Gasteiger partial charge in [-0.05, 0) is 51.8 Å². The molecule has 134 valence electrons. The van der Waals surface area contributed by atoms with E-state index in [1.165, 1.54) is 6.42 Å². The highest BCUT2D eigenvalue weighted by Crippen LogP contribution is 2.38. The predicted octanol–water partition coefficient (Wildman–Crippen LogP) is 3.87. The number of benzene rings is 1. The SMILES string of the molecule is COc1cc(NC(=O)OC(C)(C)C)c(C2CCCCN2)cc1OC. The molecule has 1 atom stereocenters. The lowest BCUT2D eigenvalue weighted by molar-refractivity contribution is 0.0635. The van der Waals surface area contributed by atoms with E-state index >= 15 is 0 Å². The molecular formula is C18H28N2O4. The Morgan fingerprint density at radius 2 is 1.83 bits per heavy atom. The van der Waals surface area contributed by atoms with Crippen molar-refractivity contribution in [2.45, 2.75) is 51.7 Å². The van der Waals surface area contributed by atoms with E-state index < -0.39 is 11.7 Å². The number of hydrogen-bond acceptors (Lipinski definition) is 5. The van der Waals surface area contributed by atoms with Crippen LogP contribution in [0.1, 0.15) is 51.6 Å². The average Bonchev–Trinajstić information content (AvgIpc) is 2.53. The first-order chi connectivity index (χ1) is 11.3. The van der Waals surface area contributed by atoms with Crippen LogP contribution in [0, 0.1) is 0 Å². The number of rotatable bonds is 4. The Morgan fingerprint density at radius 3 is 2.38 bits per heavy atom. The molecule has 1 aromatic rings. The minimum Gasteiger partial charge on any atom is -0.493 e. The third-order valence-corrected chi connectivity index (χ3v) is 3.88. The molecule has 1 aliphatic rings. The highest BCUT2D eigenvalue weighted by molar-refractivity contribution is 5.87. The van der Waals surface area contributed by atoms with Crippen LogP contribution in [0.15, 0.2) is 12.1 Å². The molecule has 2 rings (SSSR count). The minimum atomic E-state index is -0.552. The predicted molar refractivity (Wildman–Crippen MR) is 94.0 cm³/mol. The molecule has 0 radical (unpaired) electrons. The third kappa shape index (κ3) is 4.77. The largest absolute Gasteiger partial charge is 0.493 e. The zero-order chi connectivity index (χ0) is 17.7. The lowest BCUT2D eigenvalue weighted by Gasteiger charge is -2.27. The van der Waals surface area contributed by atoms with Crippen LogP contribution in [0.3, 0.4) is 0 Å². The van der Waals surface area contributed by atoms with E-state index in [1.54, 1.807) is 20.3 Å². The molecule has 1 fully saturated rings. The number of anilines is 1. The first kappa shape index (κ1) is 18.4. The first-order valence-electron chi connectivity index (χ1n) is 8.33. The fraction of sp³-hybridized carbons (Fsp3) is 0.611. The van der Waals surface area contributed by atoms with E-state index in [1.807, 2.05) is 26.8 Å². The van der Waals surface area contributed by atoms with Crippen molar-refractivity contribution in [3.05, 3.63) is 17.7 Å². The molecule has 1 unspecified atom stereocenters. The summed E-state index contributed by atoms with van der Waals surface area (Å²) in [5.41, 5.74) is 1.11. The molecule has 1 aromatic carbocycles. The maximum Gasteiger partial charge on any atom is 0.412 e. The maximum atomic E-state index is 12.2. The fourth-order valence-corrected chi connectivity index (χ4v) is 2.82. The number of ether oxygens (including phenoxy) is 3. The molecule has 0 saturated carbocycles. The maximum absolute atomic E-state index is 12.2. The summed E-state index contributed by atoms with van der Waals surface area (Å²) >= 11 is 0. The Balaban J connectivity index is 2.33. The van der Waals surface area contributed by atoms with Crippen molar-refractivity contribution in [1.82, 2.24) is 5.32 Å². The summed E-state index contributed by atoms with van der Waals surface area (Å²) < 4.78 is 16.1. The minimum absolute atomic E-state index is 0.170. The van der Waals surface area contributed by atoms with Gasteiger partial charge in [-0.1, -0.05) is 6.42 Å². The summed E-state index contributed by atoms with van der Waals surface area (Å²) in [6.45, 7) is 6.48. The first-order valence-corrected chi connectivity index (χ1v) is 8.33. The third-order valence-electron chi connectivity index (χ3n) is 3.88. The van der Waals surface area contributed by atoms with Crippen molar-refractivity contribution >= 4 is 11.8 Å². The summed E-state index contributed by atoms with van der Waals surface area (Å²) in [5.74, 6) is 1.22. The van der Waals surface area contributed by atoms with E-state index in [2.05, 4.69) is 10.6 Å². The van der Waals surface area contributed by atoms with Crippen molar-refractivity contribution < 1.29 is 19.0 Å². The molecule has 1 amide bonds. The number of piperidine rings is 1. The molecule has 6 heteroatoms. The average molecular weight is 336 g/mol. The van der Waals surface area contributed by atoms with Crippen molar-refractivity contribution in [1.29, 1.82) is 0 Å². The summed E-state index contributed by atoms with van der Waals surface area (Å²) in [4.78, 5) is 12.2. The molecule has 0 spiro atoms. The zero-order valence-corrected chi connectivity index (χ0v) is 15.2. The van der Waals surface area contributed by atoms with Crippen LogP contribution >= 0.6 is 0 Å². The number of methoxy groups -OCH3 is 2. The normalized spacial score (nSPS) is 18.0. The standard InChI is InChI=1S/C18H28N2O4/c1-18(2,3)24-17(21)20-14-11-16(23-5)15(22-4)10-12(14)13-8-6-7-9-19-13/h10-11,13,19H,6-9H2,1-5H3,(H,20,21). The molecule has 0 bridgehead atoms. The van der Waals surface area contributed by atoms with E-state index in [4.69, 9.17) is 14.2 Å². The monoisotopic (exact) mass is 336 g/mol. The topological polar surface area (TPSA) is 68.8 Å². The lowest BCUT2D eigenvalue weighted by Crippen LogP contribution is -2.30. The number of nitrogens with one attached hydrogen (secondary N) is 2. The molecule has 2 N–H and O–H groups in total. The quantitative estimate of drug-likeness (QED) is 0.873. The van der Waals surface area contributed by atoms with Crippen molar-refractivity contribution in [2.75, 3.05) is 26.1 Å². The number of hydrogen-bond donors (Lipinski definition) is 2. The Kier molecular flexibility index (Phi) is 5.94. The van der Waals surface area contributed by atoms with Gasteiger partial charge in [0.05, 0.1) is 19.9 Å². The highest BCUT2D eigenvalue weighted by atomic mass is 16.6. The van der Waals surface area contributed by atoms with Crippen LogP contribution in [0.5, 0.6) is 11.5 Å². The van der Waals surface area contributed by atoms with E-state index in [9.17, 15) is 4.79 Å². The number of carbonyl (C=O) groups excluding carboxylic acids is 1. The smallest absolute Gasteiger partial charge is 0.412 e. The molecule has 24 heavy (non-hydrogen) atoms. The van der Waals surface area contributed by atoms with Crippen LogP contribution in [-0.2, 0) is 4.74 Å². The van der Waals surface area contributed by atoms with E-state index in [0.717, 1.165) is 24.9 Å². The van der Waals surface area contributed by atoms with Gasteiger partial charge in [0.2, 0.25) is 0 Å². The van der Waals surface area contributed by atoms with Crippen LogP contribution in [0.4, 0.5) is 10.5 Å². The zero-order valence-electron chi connectivity index (χ0n) is 15.2. The van der Waals surface area contributed by atoms with Gasteiger partial charge in [-0.25, -0.2) is 4.79 Å². The van der Waals surface area contributed by atoms with Crippen molar-refractivity contribution in [3.63, 3.8) is 0 Å². The molecule has 1 heterocycles. The molecule has 1 saturated heterocycles.